The molecular formula is C9H7F2NO3. The van der Waals surface area contributed by atoms with Crippen molar-refractivity contribution in [3.05, 3.63) is 23.8 Å². The number of para-hydroxylation sites is 1. The zero-order valence-electron chi connectivity index (χ0n) is 7.46. The van der Waals surface area contributed by atoms with E-state index in [4.69, 9.17) is 5.11 Å². The standard InChI is InChI=1S/C9H7F2NO3/c10-9(11)4-12-6-3-1-2-5(8(13)14)7(6)15-9/h1-3,12H,4H2,(H,13,14). The first-order valence-electron chi connectivity index (χ1n) is 4.17. The summed E-state index contributed by atoms with van der Waals surface area (Å²) in [6.45, 7) is -0.664. The third-order valence-corrected chi connectivity index (χ3v) is 1.98. The molecule has 1 aliphatic heterocycles. The van der Waals surface area contributed by atoms with Gasteiger partial charge >= 0.3 is 12.1 Å². The van der Waals surface area contributed by atoms with Gasteiger partial charge in [0.2, 0.25) is 0 Å². The molecule has 6 heteroatoms. The van der Waals surface area contributed by atoms with Gasteiger partial charge in [0.25, 0.3) is 0 Å². The topological polar surface area (TPSA) is 58.6 Å². The summed E-state index contributed by atoms with van der Waals surface area (Å²) in [6, 6.07) is 4.16. The smallest absolute Gasteiger partial charge is 0.415 e. The maximum atomic E-state index is 12.8. The van der Waals surface area contributed by atoms with Gasteiger partial charge in [-0.25, -0.2) is 4.79 Å². The molecule has 0 atom stereocenters. The number of hydrogen-bond donors (Lipinski definition) is 2. The molecule has 1 aliphatic rings. The quantitative estimate of drug-likeness (QED) is 0.749. The third-order valence-electron chi connectivity index (χ3n) is 1.98. The molecule has 0 saturated heterocycles. The fourth-order valence-electron chi connectivity index (χ4n) is 1.34. The lowest BCUT2D eigenvalue weighted by molar-refractivity contribution is -0.167. The predicted molar refractivity (Wildman–Crippen MR) is 47.5 cm³/mol. The molecule has 0 fully saturated rings. The van der Waals surface area contributed by atoms with Gasteiger partial charge in [-0.15, -0.1) is 0 Å². The molecule has 0 radical (unpaired) electrons. The average molecular weight is 215 g/mol. The van der Waals surface area contributed by atoms with Crippen LogP contribution in [0.25, 0.3) is 0 Å². The summed E-state index contributed by atoms with van der Waals surface area (Å²) in [7, 11) is 0. The van der Waals surface area contributed by atoms with Crippen LogP contribution >= 0.6 is 0 Å². The minimum absolute atomic E-state index is 0.265. The third kappa shape index (κ3) is 1.70. The maximum Gasteiger partial charge on any atom is 0.415 e. The number of aromatic carboxylic acids is 1. The van der Waals surface area contributed by atoms with Crippen LogP contribution in [0.3, 0.4) is 0 Å². The Morgan fingerprint density at radius 1 is 1.53 bits per heavy atom. The van der Waals surface area contributed by atoms with Crippen LogP contribution in [0.5, 0.6) is 5.75 Å². The van der Waals surface area contributed by atoms with E-state index in [0.29, 0.717) is 0 Å². The van der Waals surface area contributed by atoms with Crippen LogP contribution in [-0.2, 0) is 0 Å². The second-order valence-electron chi connectivity index (χ2n) is 3.08. The number of hydrogen-bond acceptors (Lipinski definition) is 3. The predicted octanol–water partition coefficient (Wildman–Crippen LogP) is 1.78. The molecule has 0 amide bonds. The molecule has 0 aromatic heterocycles. The molecule has 1 aromatic rings. The van der Waals surface area contributed by atoms with Crippen LogP contribution in [0.15, 0.2) is 18.2 Å². The second-order valence-corrected chi connectivity index (χ2v) is 3.08. The summed E-state index contributed by atoms with van der Waals surface area (Å²) in [5.74, 6) is -1.62. The fourth-order valence-corrected chi connectivity index (χ4v) is 1.34. The van der Waals surface area contributed by atoms with Crippen molar-refractivity contribution in [2.75, 3.05) is 11.9 Å². The summed E-state index contributed by atoms with van der Waals surface area (Å²) < 4.78 is 30.0. The van der Waals surface area contributed by atoms with Gasteiger partial charge in [0.1, 0.15) is 12.1 Å². The zero-order chi connectivity index (χ0) is 11.1. The number of benzene rings is 1. The maximum absolute atomic E-state index is 12.8. The van der Waals surface area contributed by atoms with Gasteiger partial charge in [-0.3, -0.25) is 0 Å². The van der Waals surface area contributed by atoms with E-state index in [9.17, 15) is 13.6 Å². The van der Waals surface area contributed by atoms with Crippen LogP contribution in [-0.4, -0.2) is 23.7 Å². The Morgan fingerprint density at radius 3 is 2.93 bits per heavy atom. The molecule has 0 spiro atoms. The number of rotatable bonds is 1. The minimum atomic E-state index is -3.38. The Labute approximate surface area is 83.5 Å². The van der Waals surface area contributed by atoms with Gasteiger partial charge in [-0.2, -0.15) is 8.78 Å². The van der Waals surface area contributed by atoms with E-state index in [0.717, 1.165) is 0 Å². The van der Waals surface area contributed by atoms with Gasteiger partial charge in [0, 0.05) is 0 Å². The number of ether oxygens (including phenoxy) is 1. The highest BCUT2D eigenvalue weighted by Crippen LogP contribution is 2.37. The van der Waals surface area contributed by atoms with E-state index in [1.807, 2.05) is 0 Å². The molecule has 0 aliphatic carbocycles. The number of carboxylic acid groups (broad SMARTS) is 1. The van der Waals surface area contributed by atoms with Gasteiger partial charge in [-0.1, -0.05) is 6.07 Å². The van der Waals surface area contributed by atoms with Crippen molar-refractivity contribution in [1.29, 1.82) is 0 Å². The molecule has 0 saturated carbocycles. The Hall–Kier alpha value is -1.85. The lowest BCUT2D eigenvalue weighted by Crippen LogP contribution is -2.38. The van der Waals surface area contributed by atoms with E-state index in [1.165, 1.54) is 18.2 Å². The summed E-state index contributed by atoms with van der Waals surface area (Å²) in [5, 5.41) is 11.2. The van der Waals surface area contributed by atoms with Crippen molar-refractivity contribution < 1.29 is 23.4 Å². The van der Waals surface area contributed by atoms with Gasteiger partial charge in [-0.05, 0) is 12.1 Å². The minimum Gasteiger partial charge on any atom is -0.478 e. The highest BCUT2D eigenvalue weighted by atomic mass is 19.3. The molecule has 0 unspecified atom stereocenters. The summed E-state index contributed by atoms with van der Waals surface area (Å²) >= 11 is 0. The zero-order valence-corrected chi connectivity index (χ0v) is 7.46. The van der Waals surface area contributed by atoms with Crippen LogP contribution in [0.1, 0.15) is 10.4 Å². The van der Waals surface area contributed by atoms with E-state index in [2.05, 4.69) is 10.1 Å². The molecule has 15 heavy (non-hydrogen) atoms. The Morgan fingerprint density at radius 2 is 2.27 bits per heavy atom. The van der Waals surface area contributed by atoms with Crippen molar-refractivity contribution in [2.24, 2.45) is 0 Å². The van der Waals surface area contributed by atoms with E-state index >= 15 is 0 Å². The number of carbonyl (C=O) groups is 1. The molecule has 2 rings (SSSR count). The van der Waals surface area contributed by atoms with Gasteiger partial charge in [0.05, 0.1) is 5.69 Å². The van der Waals surface area contributed by atoms with E-state index in [1.54, 1.807) is 0 Å². The Bertz CT molecular complexity index is 420. The van der Waals surface area contributed by atoms with Crippen molar-refractivity contribution in [3.63, 3.8) is 0 Å². The summed E-state index contributed by atoms with van der Waals surface area (Å²) in [5.41, 5.74) is -0.0137. The summed E-state index contributed by atoms with van der Waals surface area (Å²) in [6.07, 6.45) is -3.38. The number of alkyl halides is 2. The number of nitrogens with one attached hydrogen (secondary N) is 1. The number of anilines is 1. The van der Waals surface area contributed by atoms with Crippen molar-refractivity contribution >= 4 is 11.7 Å². The molecule has 1 aromatic carbocycles. The Balaban J connectivity index is 2.50. The lowest BCUT2D eigenvalue weighted by Gasteiger charge is -2.27. The molecule has 80 valence electrons. The molecule has 1 heterocycles. The molecule has 4 nitrogen and oxygen atoms in total. The molecule has 2 N–H and O–H groups in total. The molecular weight excluding hydrogens is 208 g/mol. The van der Waals surface area contributed by atoms with Gasteiger partial charge < -0.3 is 15.2 Å². The van der Waals surface area contributed by atoms with Crippen LogP contribution < -0.4 is 10.1 Å². The highest BCUT2D eigenvalue weighted by Gasteiger charge is 2.38. The SMILES string of the molecule is O=C(O)c1cccc2c1OC(F)(F)CN2. The van der Waals surface area contributed by atoms with Crippen LogP contribution in [0.4, 0.5) is 14.5 Å². The average Bonchev–Trinajstić information content (AvgIpc) is 2.15. The van der Waals surface area contributed by atoms with Crippen LogP contribution in [0.2, 0.25) is 0 Å². The first-order chi connectivity index (χ1) is 6.99. The number of fused-ring (bicyclic) bond motifs is 1. The molecule has 0 bridgehead atoms. The first-order valence-corrected chi connectivity index (χ1v) is 4.17. The highest BCUT2D eigenvalue weighted by molar-refractivity contribution is 5.93. The van der Waals surface area contributed by atoms with Crippen molar-refractivity contribution in [3.8, 4) is 5.75 Å². The van der Waals surface area contributed by atoms with Crippen LogP contribution in [0, 0.1) is 0 Å². The van der Waals surface area contributed by atoms with Gasteiger partial charge in [0.15, 0.2) is 5.75 Å². The fraction of sp³-hybridized carbons (Fsp3) is 0.222. The second kappa shape index (κ2) is 3.08. The number of halogens is 2. The van der Waals surface area contributed by atoms with E-state index < -0.39 is 18.6 Å². The monoisotopic (exact) mass is 215 g/mol. The number of carboxylic acids is 1. The first kappa shape index (κ1) is 9.70. The Kier molecular flexibility index (Phi) is 1.99. The van der Waals surface area contributed by atoms with Crippen molar-refractivity contribution in [1.82, 2.24) is 0 Å². The summed E-state index contributed by atoms with van der Waals surface area (Å²) in [4.78, 5) is 10.7. The normalized spacial score (nSPS) is 17.2. The largest absolute Gasteiger partial charge is 0.478 e. The lowest BCUT2D eigenvalue weighted by atomic mass is 10.1. The van der Waals surface area contributed by atoms with Crippen molar-refractivity contribution in [2.45, 2.75) is 6.11 Å². The van der Waals surface area contributed by atoms with E-state index in [-0.39, 0.29) is 17.0 Å².